The van der Waals surface area contributed by atoms with Gasteiger partial charge in [0.2, 0.25) is 0 Å². The molecule has 0 saturated carbocycles. The summed E-state index contributed by atoms with van der Waals surface area (Å²) >= 11 is 0. The third kappa shape index (κ3) is 4.10. The smallest absolute Gasteiger partial charge is 0.271 e. The molecule has 0 aliphatic heterocycles. The number of nitrogens with zero attached hydrogens (tertiary/aromatic N) is 3. The summed E-state index contributed by atoms with van der Waals surface area (Å²) in [7, 11) is 0. The maximum atomic E-state index is 13.8. The van der Waals surface area contributed by atoms with Crippen LogP contribution < -0.4 is 5.32 Å². The minimum absolute atomic E-state index is 0.0225. The summed E-state index contributed by atoms with van der Waals surface area (Å²) < 4.78 is 15.6. The summed E-state index contributed by atoms with van der Waals surface area (Å²) in [5.41, 5.74) is 2.39. The normalized spacial score (nSPS) is 11.1. The maximum Gasteiger partial charge on any atom is 0.271 e. The zero-order chi connectivity index (χ0) is 21.8. The Labute approximate surface area is 171 Å². The molecule has 0 aliphatic rings. The van der Waals surface area contributed by atoms with Crippen LogP contribution in [-0.2, 0) is 4.79 Å². The van der Waals surface area contributed by atoms with Gasteiger partial charge in [0.15, 0.2) is 0 Å². The molecule has 1 heterocycles. The molecule has 0 aliphatic carbocycles. The third-order valence-electron chi connectivity index (χ3n) is 4.56. The van der Waals surface area contributed by atoms with E-state index >= 15 is 0 Å². The number of carbonyl (C=O) groups is 1. The van der Waals surface area contributed by atoms with Gasteiger partial charge in [-0.15, -0.1) is 0 Å². The highest BCUT2D eigenvalue weighted by Gasteiger charge is 2.16. The largest absolute Gasteiger partial charge is 0.319 e. The number of hydrogen-bond donors (Lipinski definition) is 1. The van der Waals surface area contributed by atoms with Crippen LogP contribution in [0.5, 0.6) is 0 Å². The molecule has 1 N–H and O–H groups in total. The average Bonchev–Trinajstić information content (AvgIpc) is 3.00. The first-order valence-electron chi connectivity index (χ1n) is 8.93. The Balaban J connectivity index is 1.97. The van der Waals surface area contributed by atoms with Crippen molar-refractivity contribution in [1.29, 1.82) is 5.26 Å². The molecule has 0 atom stereocenters. The van der Waals surface area contributed by atoms with Crippen molar-refractivity contribution in [3.05, 3.63) is 93.1 Å². The second-order valence-corrected chi connectivity index (χ2v) is 6.54. The fourth-order valence-electron chi connectivity index (χ4n) is 3.13. The summed E-state index contributed by atoms with van der Waals surface area (Å²) in [5.74, 6) is -1.34. The van der Waals surface area contributed by atoms with Crippen LogP contribution in [0.3, 0.4) is 0 Å². The van der Waals surface area contributed by atoms with E-state index < -0.39 is 16.6 Å². The second kappa shape index (κ2) is 8.41. The van der Waals surface area contributed by atoms with E-state index in [1.54, 1.807) is 35.8 Å². The van der Waals surface area contributed by atoms with E-state index in [4.69, 9.17) is 0 Å². The fraction of sp³-hybridized carbons (Fsp3) is 0.0909. The lowest BCUT2D eigenvalue weighted by Crippen LogP contribution is -2.14. The van der Waals surface area contributed by atoms with E-state index in [9.17, 15) is 24.6 Å². The summed E-state index contributed by atoms with van der Waals surface area (Å²) in [6.45, 7) is 3.59. The number of hydrogen-bond acceptors (Lipinski definition) is 4. The monoisotopic (exact) mass is 404 g/mol. The van der Waals surface area contributed by atoms with Crippen molar-refractivity contribution in [2.75, 3.05) is 5.32 Å². The Morgan fingerprint density at radius 2 is 1.93 bits per heavy atom. The number of halogens is 1. The molecule has 0 fully saturated rings. The number of aryl methyl sites for hydroxylation is 1. The first kappa shape index (κ1) is 20.5. The van der Waals surface area contributed by atoms with Crippen LogP contribution in [0.1, 0.15) is 17.0 Å². The Morgan fingerprint density at radius 3 is 2.60 bits per heavy atom. The fourth-order valence-corrected chi connectivity index (χ4v) is 3.13. The molecule has 1 aromatic heterocycles. The minimum Gasteiger partial charge on any atom is -0.319 e. The van der Waals surface area contributed by atoms with Gasteiger partial charge in [-0.2, -0.15) is 5.26 Å². The lowest BCUT2D eigenvalue weighted by Gasteiger charge is -2.09. The first-order chi connectivity index (χ1) is 14.3. The highest BCUT2D eigenvalue weighted by Crippen LogP contribution is 2.25. The molecule has 7 nitrogen and oxygen atoms in total. The van der Waals surface area contributed by atoms with Gasteiger partial charge in [0, 0.05) is 23.5 Å². The second-order valence-electron chi connectivity index (χ2n) is 6.54. The van der Waals surface area contributed by atoms with Gasteiger partial charge in [-0.1, -0.05) is 18.2 Å². The van der Waals surface area contributed by atoms with Gasteiger partial charge in [0.05, 0.1) is 16.3 Å². The predicted molar refractivity (Wildman–Crippen MR) is 111 cm³/mol. The van der Waals surface area contributed by atoms with Gasteiger partial charge in [0.25, 0.3) is 11.6 Å². The van der Waals surface area contributed by atoms with Crippen molar-refractivity contribution in [2.45, 2.75) is 13.8 Å². The number of benzene rings is 2. The number of nitro benzene ring substituents is 1. The number of aromatic nitrogens is 1. The summed E-state index contributed by atoms with van der Waals surface area (Å²) in [5, 5.41) is 22.9. The number of anilines is 1. The van der Waals surface area contributed by atoms with Crippen molar-refractivity contribution in [3.63, 3.8) is 0 Å². The lowest BCUT2D eigenvalue weighted by molar-refractivity contribution is -0.384. The molecule has 3 rings (SSSR count). The van der Waals surface area contributed by atoms with Gasteiger partial charge in [-0.3, -0.25) is 14.9 Å². The number of nitrogens with one attached hydrogen (secondary N) is 1. The van der Waals surface area contributed by atoms with Crippen LogP contribution >= 0.6 is 0 Å². The first-order valence-corrected chi connectivity index (χ1v) is 8.93. The molecule has 0 unspecified atom stereocenters. The van der Waals surface area contributed by atoms with Crippen LogP contribution in [0.15, 0.2) is 60.2 Å². The molecule has 3 aromatic rings. The highest BCUT2D eigenvalue weighted by molar-refractivity contribution is 6.09. The molecule has 0 bridgehead atoms. The Morgan fingerprint density at radius 1 is 1.20 bits per heavy atom. The maximum absolute atomic E-state index is 13.8. The van der Waals surface area contributed by atoms with Crippen LogP contribution in [-0.4, -0.2) is 15.4 Å². The van der Waals surface area contributed by atoms with Crippen molar-refractivity contribution >= 4 is 23.4 Å². The molecule has 0 spiro atoms. The summed E-state index contributed by atoms with van der Waals surface area (Å²) in [6.07, 6.45) is 1.41. The minimum atomic E-state index is -0.734. The standard InChI is InChI=1S/C22H17FN4O3/c1-14-10-16(15(2)26(14)18-6-5-7-19(12-18)27(29)30)11-17(13-24)22(28)25-21-9-4-3-8-20(21)23/h3-12H,1-2H3,(H,25,28)/b17-11-. The average molecular weight is 404 g/mol. The SMILES string of the molecule is Cc1cc(/C=C(/C#N)C(=O)Nc2ccccc2F)c(C)n1-c1cccc([N+](=O)[O-])c1. The molecule has 0 saturated heterocycles. The highest BCUT2D eigenvalue weighted by atomic mass is 19.1. The van der Waals surface area contributed by atoms with E-state index in [1.807, 2.05) is 13.0 Å². The van der Waals surface area contributed by atoms with E-state index in [2.05, 4.69) is 5.32 Å². The predicted octanol–water partition coefficient (Wildman–Crippen LogP) is 4.69. The Bertz CT molecular complexity index is 1220. The zero-order valence-electron chi connectivity index (χ0n) is 16.2. The number of carbonyl (C=O) groups excluding carboxylic acids is 1. The van der Waals surface area contributed by atoms with Crippen LogP contribution in [0.4, 0.5) is 15.8 Å². The topological polar surface area (TPSA) is 101 Å². The Hall–Kier alpha value is -4.25. The third-order valence-corrected chi connectivity index (χ3v) is 4.56. The van der Waals surface area contributed by atoms with Crippen molar-refractivity contribution < 1.29 is 14.1 Å². The molecule has 150 valence electrons. The van der Waals surface area contributed by atoms with Crippen LogP contribution in [0.2, 0.25) is 0 Å². The van der Waals surface area contributed by atoms with Crippen molar-refractivity contribution in [1.82, 2.24) is 4.57 Å². The van der Waals surface area contributed by atoms with Crippen molar-refractivity contribution in [3.8, 4) is 11.8 Å². The number of para-hydroxylation sites is 1. The number of nitriles is 1. The molecule has 30 heavy (non-hydrogen) atoms. The van der Waals surface area contributed by atoms with Gasteiger partial charge < -0.3 is 9.88 Å². The van der Waals surface area contributed by atoms with Crippen LogP contribution in [0, 0.1) is 41.1 Å². The zero-order valence-corrected chi connectivity index (χ0v) is 16.2. The van der Waals surface area contributed by atoms with Gasteiger partial charge in [0.1, 0.15) is 17.5 Å². The summed E-state index contributed by atoms with van der Waals surface area (Å²) in [6, 6.07) is 15.4. The van der Waals surface area contributed by atoms with Gasteiger partial charge >= 0.3 is 0 Å². The Kier molecular flexibility index (Phi) is 5.74. The number of amides is 1. The van der Waals surface area contributed by atoms with Crippen molar-refractivity contribution in [2.24, 2.45) is 0 Å². The quantitative estimate of drug-likeness (QED) is 0.289. The van der Waals surface area contributed by atoms with Gasteiger partial charge in [-0.25, -0.2) is 4.39 Å². The van der Waals surface area contributed by atoms with Gasteiger partial charge in [-0.05, 0) is 49.8 Å². The molecular weight excluding hydrogens is 387 g/mol. The number of nitro groups is 1. The van der Waals surface area contributed by atoms with E-state index in [-0.39, 0.29) is 16.9 Å². The molecule has 8 heteroatoms. The number of non-ortho nitro benzene ring substituents is 1. The van der Waals surface area contributed by atoms with Crippen LogP contribution in [0.25, 0.3) is 11.8 Å². The van der Waals surface area contributed by atoms with E-state index in [0.717, 1.165) is 5.69 Å². The molecule has 0 radical (unpaired) electrons. The molecule has 2 aromatic carbocycles. The molecule has 1 amide bonds. The summed E-state index contributed by atoms with van der Waals surface area (Å²) in [4.78, 5) is 23.0. The number of rotatable bonds is 5. The van der Waals surface area contributed by atoms with E-state index in [1.165, 1.54) is 36.4 Å². The molecular formula is C22H17FN4O3. The lowest BCUT2D eigenvalue weighted by atomic mass is 10.1. The van der Waals surface area contributed by atoms with E-state index in [0.29, 0.717) is 16.9 Å².